The van der Waals surface area contributed by atoms with Crippen molar-refractivity contribution in [1.82, 2.24) is 19.7 Å². The van der Waals surface area contributed by atoms with Crippen LogP contribution in [0.1, 0.15) is 29.4 Å². The van der Waals surface area contributed by atoms with Crippen LogP contribution in [0.3, 0.4) is 0 Å². The van der Waals surface area contributed by atoms with Gasteiger partial charge in [-0.15, -0.1) is 0 Å². The Morgan fingerprint density at radius 2 is 2.35 bits per heavy atom. The first-order valence-electron chi connectivity index (χ1n) is 5.27. The van der Waals surface area contributed by atoms with E-state index in [4.69, 9.17) is 11.6 Å². The average molecular weight is 251 g/mol. The van der Waals surface area contributed by atoms with Crippen LogP contribution in [0, 0.1) is 0 Å². The summed E-state index contributed by atoms with van der Waals surface area (Å²) < 4.78 is 1.46. The summed E-state index contributed by atoms with van der Waals surface area (Å²) in [5, 5.41) is 4.60. The summed E-state index contributed by atoms with van der Waals surface area (Å²) in [6.45, 7) is 2.02. The molecule has 0 bridgehead atoms. The molecule has 0 saturated heterocycles. The van der Waals surface area contributed by atoms with Crippen LogP contribution in [-0.2, 0) is 6.42 Å². The zero-order valence-corrected chi connectivity index (χ0v) is 10.1. The fourth-order valence-electron chi connectivity index (χ4n) is 1.55. The molecule has 0 aliphatic rings. The number of halogens is 1. The molecule has 17 heavy (non-hydrogen) atoms. The van der Waals surface area contributed by atoms with Crippen molar-refractivity contribution in [1.29, 1.82) is 0 Å². The Balaban J connectivity index is 2.52. The van der Waals surface area contributed by atoms with E-state index in [0.717, 1.165) is 12.7 Å². The molecule has 0 aromatic carbocycles. The van der Waals surface area contributed by atoms with Gasteiger partial charge in [0, 0.05) is 12.3 Å². The third-order valence-corrected chi connectivity index (χ3v) is 2.69. The first kappa shape index (κ1) is 11.7. The van der Waals surface area contributed by atoms with Crippen LogP contribution in [-0.4, -0.2) is 26.0 Å². The van der Waals surface area contributed by atoms with Gasteiger partial charge in [-0.05, 0) is 6.42 Å². The highest BCUT2D eigenvalue weighted by Gasteiger charge is 2.16. The van der Waals surface area contributed by atoms with Crippen molar-refractivity contribution in [3.63, 3.8) is 0 Å². The van der Waals surface area contributed by atoms with Crippen LogP contribution in [0.5, 0.6) is 0 Å². The number of aldehydes is 1. The van der Waals surface area contributed by atoms with E-state index in [1.54, 1.807) is 12.3 Å². The first-order valence-corrected chi connectivity index (χ1v) is 5.64. The van der Waals surface area contributed by atoms with E-state index in [-0.39, 0.29) is 0 Å². The topological polar surface area (TPSA) is 60.7 Å². The average Bonchev–Trinajstić information content (AvgIpc) is 2.67. The number of aromatic nitrogens is 4. The number of aryl methyl sites for hydroxylation is 1. The molecule has 0 radical (unpaired) electrons. The third-order valence-electron chi connectivity index (χ3n) is 2.33. The second kappa shape index (κ2) is 5.05. The van der Waals surface area contributed by atoms with Crippen LogP contribution in [0.4, 0.5) is 0 Å². The molecule has 0 aliphatic carbocycles. The van der Waals surface area contributed by atoms with E-state index in [2.05, 4.69) is 15.1 Å². The highest BCUT2D eigenvalue weighted by Crippen LogP contribution is 2.22. The summed E-state index contributed by atoms with van der Waals surface area (Å²) >= 11 is 6.11. The van der Waals surface area contributed by atoms with Crippen LogP contribution in [0.15, 0.2) is 18.6 Å². The minimum absolute atomic E-state index is 0.294. The van der Waals surface area contributed by atoms with Gasteiger partial charge < -0.3 is 0 Å². The lowest BCUT2D eigenvalue weighted by Gasteiger charge is -1.99. The zero-order valence-electron chi connectivity index (χ0n) is 9.30. The maximum absolute atomic E-state index is 11.0. The predicted octanol–water partition coefficient (Wildman–Crippen LogP) is 2.08. The summed E-state index contributed by atoms with van der Waals surface area (Å²) in [7, 11) is 0. The normalized spacial score (nSPS) is 10.5. The fourth-order valence-corrected chi connectivity index (χ4v) is 1.83. The van der Waals surface area contributed by atoms with Gasteiger partial charge in [-0.3, -0.25) is 4.79 Å². The minimum atomic E-state index is 0.294. The van der Waals surface area contributed by atoms with Crippen molar-refractivity contribution in [2.45, 2.75) is 19.8 Å². The van der Waals surface area contributed by atoms with Gasteiger partial charge in [-0.2, -0.15) is 5.10 Å². The lowest BCUT2D eigenvalue weighted by Crippen LogP contribution is -2.00. The second-order valence-corrected chi connectivity index (χ2v) is 3.86. The standard InChI is InChI=1S/C11H11ClN4O/c1-2-3-9-8(6-17)11(12)16(15-9)10-4-5-13-7-14-10/h4-7H,2-3H2,1H3. The maximum atomic E-state index is 11.0. The lowest BCUT2D eigenvalue weighted by molar-refractivity contribution is 0.112. The van der Waals surface area contributed by atoms with Gasteiger partial charge in [0.2, 0.25) is 0 Å². The molecule has 2 rings (SSSR count). The van der Waals surface area contributed by atoms with Crippen LogP contribution in [0.2, 0.25) is 5.15 Å². The molecular formula is C11H11ClN4O. The molecule has 0 amide bonds. The van der Waals surface area contributed by atoms with Gasteiger partial charge >= 0.3 is 0 Å². The van der Waals surface area contributed by atoms with Gasteiger partial charge in [-0.1, -0.05) is 24.9 Å². The van der Waals surface area contributed by atoms with Gasteiger partial charge in [0.05, 0.1) is 11.3 Å². The number of carbonyl (C=O) groups excluding carboxylic acids is 1. The lowest BCUT2D eigenvalue weighted by atomic mass is 10.2. The Morgan fingerprint density at radius 3 is 2.94 bits per heavy atom. The van der Waals surface area contributed by atoms with Crippen molar-refractivity contribution in [2.24, 2.45) is 0 Å². The molecule has 2 aromatic rings. The molecule has 5 nitrogen and oxygen atoms in total. The Labute approximate surface area is 103 Å². The fraction of sp³-hybridized carbons (Fsp3) is 0.273. The molecule has 0 fully saturated rings. The van der Waals surface area contributed by atoms with E-state index in [1.807, 2.05) is 6.92 Å². The molecule has 0 saturated carbocycles. The van der Waals surface area contributed by atoms with E-state index >= 15 is 0 Å². The van der Waals surface area contributed by atoms with Crippen molar-refractivity contribution < 1.29 is 4.79 Å². The molecule has 2 aromatic heterocycles. The quantitative estimate of drug-likeness (QED) is 0.780. The number of rotatable bonds is 4. The first-order chi connectivity index (χ1) is 8.27. The van der Waals surface area contributed by atoms with E-state index in [0.29, 0.717) is 28.6 Å². The summed E-state index contributed by atoms with van der Waals surface area (Å²) in [5.74, 6) is 0.551. The van der Waals surface area contributed by atoms with Gasteiger partial charge in [-0.25, -0.2) is 14.6 Å². The molecule has 88 valence electrons. The van der Waals surface area contributed by atoms with Gasteiger partial charge in [0.15, 0.2) is 12.1 Å². The number of nitrogens with zero attached hydrogens (tertiary/aromatic N) is 4. The number of carbonyl (C=O) groups is 1. The highest BCUT2D eigenvalue weighted by atomic mass is 35.5. The Bertz CT molecular complexity index is 524. The molecule has 2 heterocycles. The molecular weight excluding hydrogens is 240 g/mol. The number of hydrogen-bond donors (Lipinski definition) is 0. The van der Waals surface area contributed by atoms with Crippen molar-refractivity contribution in [3.8, 4) is 5.82 Å². The SMILES string of the molecule is CCCc1nn(-c2ccncn2)c(Cl)c1C=O. The monoisotopic (exact) mass is 250 g/mol. The Hall–Kier alpha value is -1.75. The molecule has 0 aliphatic heterocycles. The Morgan fingerprint density at radius 1 is 1.53 bits per heavy atom. The summed E-state index contributed by atoms with van der Waals surface area (Å²) in [6.07, 6.45) is 5.36. The largest absolute Gasteiger partial charge is 0.298 e. The van der Waals surface area contributed by atoms with Crippen LogP contribution in [0.25, 0.3) is 5.82 Å². The maximum Gasteiger partial charge on any atom is 0.158 e. The summed E-state index contributed by atoms with van der Waals surface area (Å²) in [4.78, 5) is 18.9. The second-order valence-electron chi connectivity index (χ2n) is 3.50. The smallest absolute Gasteiger partial charge is 0.158 e. The van der Waals surface area contributed by atoms with Crippen LogP contribution < -0.4 is 0 Å². The molecule has 6 heteroatoms. The Kier molecular flexibility index (Phi) is 3.49. The van der Waals surface area contributed by atoms with E-state index in [1.165, 1.54) is 11.0 Å². The highest BCUT2D eigenvalue weighted by molar-refractivity contribution is 6.32. The van der Waals surface area contributed by atoms with E-state index < -0.39 is 0 Å². The van der Waals surface area contributed by atoms with Gasteiger partial charge in [0.1, 0.15) is 11.5 Å². The van der Waals surface area contributed by atoms with Crippen molar-refractivity contribution >= 4 is 17.9 Å². The minimum Gasteiger partial charge on any atom is -0.298 e. The molecule has 0 unspecified atom stereocenters. The third kappa shape index (κ3) is 2.19. The summed E-state index contributed by atoms with van der Waals surface area (Å²) in [5.41, 5.74) is 1.14. The van der Waals surface area contributed by atoms with Gasteiger partial charge in [0.25, 0.3) is 0 Å². The summed E-state index contributed by atoms with van der Waals surface area (Å²) in [6, 6.07) is 1.68. The predicted molar refractivity (Wildman–Crippen MR) is 63.5 cm³/mol. The molecule has 0 spiro atoms. The van der Waals surface area contributed by atoms with Crippen molar-refractivity contribution in [3.05, 3.63) is 35.0 Å². The molecule has 0 N–H and O–H groups in total. The van der Waals surface area contributed by atoms with E-state index in [9.17, 15) is 4.79 Å². The molecule has 0 atom stereocenters. The zero-order chi connectivity index (χ0) is 12.3. The van der Waals surface area contributed by atoms with Crippen LogP contribution >= 0.6 is 11.6 Å². The number of hydrogen-bond acceptors (Lipinski definition) is 4. The van der Waals surface area contributed by atoms with Crippen molar-refractivity contribution in [2.75, 3.05) is 0 Å².